The largest absolute Gasteiger partial charge is 0.359 e. The van der Waals surface area contributed by atoms with E-state index < -0.39 is 0 Å². The molecule has 0 fully saturated rings. The molecular weight excluding hydrogens is 273 g/mol. The smallest absolute Gasteiger partial charge is 0.166 e. The molecule has 0 atom stereocenters. The number of hydrogen-bond acceptors (Lipinski definition) is 1. The fourth-order valence-electron chi connectivity index (χ4n) is 1.86. The number of benzene rings is 1. The summed E-state index contributed by atoms with van der Waals surface area (Å²) in [7, 11) is 2.03. The minimum absolute atomic E-state index is 0.228. The van der Waals surface area contributed by atoms with Crippen LogP contribution in [0, 0.1) is 12.7 Å². The van der Waals surface area contributed by atoms with Crippen LogP contribution < -0.4 is 10.6 Å². The quantitative estimate of drug-likeness (QED) is 0.849. The van der Waals surface area contributed by atoms with Gasteiger partial charge in [0.05, 0.1) is 6.54 Å². The Morgan fingerprint density at radius 2 is 1.75 bits per heavy atom. The van der Waals surface area contributed by atoms with Crippen molar-refractivity contribution < 1.29 is 4.39 Å². The molecule has 0 unspecified atom stereocenters. The SMILES string of the molecule is Cc1ccc(CNC(=S)NCc2ccc(F)cc2)n1C. The van der Waals surface area contributed by atoms with Crippen molar-refractivity contribution in [2.75, 3.05) is 0 Å². The summed E-state index contributed by atoms with van der Waals surface area (Å²) in [6.45, 7) is 3.33. The summed E-state index contributed by atoms with van der Waals surface area (Å²) in [4.78, 5) is 0. The van der Waals surface area contributed by atoms with Crippen molar-refractivity contribution >= 4 is 17.3 Å². The molecule has 0 bridgehead atoms. The first-order chi connectivity index (χ1) is 9.56. The van der Waals surface area contributed by atoms with E-state index in [0.29, 0.717) is 18.2 Å². The van der Waals surface area contributed by atoms with E-state index in [1.807, 2.05) is 7.05 Å². The maximum Gasteiger partial charge on any atom is 0.166 e. The Hall–Kier alpha value is -1.88. The van der Waals surface area contributed by atoms with Gasteiger partial charge in [0, 0.05) is 25.0 Å². The van der Waals surface area contributed by atoms with Crippen molar-refractivity contribution in [1.82, 2.24) is 15.2 Å². The lowest BCUT2D eigenvalue weighted by molar-refractivity contribution is 0.626. The van der Waals surface area contributed by atoms with Gasteiger partial charge >= 0.3 is 0 Å². The molecule has 0 aliphatic rings. The normalized spacial score (nSPS) is 10.3. The first-order valence-electron chi connectivity index (χ1n) is 6.43. The lowest BCUT2D eigenvalue weighted by atomic mass is 10.2. The van der Waals surface area contributed by atoms with Crippen molar-refractivity contribution in [2.24, 2.45) is 7.05 Å². The molecule has 3 nitrogen and oxygen atoms in total. The van der Waals surface area contributed by atoms with Crippen LogP contribution in [0.4, 0.5) is 4.39 Å². The molecule has 2 aromatic rings. The van der Waals surface area contributed by atoms with Gasteiger partial charge in [-0.2, -0.15) is 0 Å². The summed E-state index contributed by atoms with van der Waals surface area (Å²) in [5.41, 5.74) is 3.38. The number of halogens is 1. The van der Waals surface area contributed by atoms with E-state index in [0.717, 1.165) is 5.56 Å². The van der Waals surface area contributed by atoms with Crippen molar-refractivity contribution in [3.63, 3.8) is 0 Å². The minimum atomic E-state index is -0.228. The molecule has 1 aromatic carbocycles. The number of hydrogen-bond donors (Lipinski definition) is 2. The summed E-state index contributed by atoms with van der Waals surface area (Å²) >= 11 is 5.22. The van der Waals surface area contributed by atoms with Gasteiger partial charge in [-0.3, -0.25) is 0 Å². The van der Waals surface area contributed by atoms with E-state index in [1.165, 1.54) is 23.5 Å². The Balaban J connectivity index is 1.78. The second-order valence-corrected chi connectivity index (χ2v) is 5.10. The van der Waals surface area contributed by atoms with Gasteiger partial charge in [0.1, 0.15) is 5.82 Å². The third-order valence-corrected chi connectivity index (χ3v) is 3.56. The first-order valence-corrected chi connectivity index (χ1v) is 6.84. The van der Waals surface area contributed by atoms with Gasteiger partial charge in [-0.15, -0.1) is 0 Å². The van der Waals surface area contributed by atoms with Crippen molar-refractivity contribution in [1.29, 1.82) is 0 Å². The van der Waals surface area contributed by atoms with Crippen molar-refractivity contribution in [2.45, 2.75) is 20.0 Å². The molecule has 2 rings (SSSR count). The maximum atomic E-state index is 12.8. The van der Waals surface area contributed by atoms with Crippen LogP contribution in [0.2, 0.25) is 0 Å². The molecule has 0 saturated carbocycles. The van der Waals surface area contributed by atoms with Crippen LogP contribution in [0.5, 0.6) is 0 Å². The lowest BCUT2D eigenvalue weighted by Crippen LogP contribution is -2.34. The van der Waals surface area contributed by atoms with Gasteiger partial charge in [0.2, 0.25) is 0 Å². The van der Waals surface area contributed by atoms with E-state index in [-0.39, 0.29) is 5.82 Å². The number of nitrogens with zero attached hydrogens (tertiary/aromatic N) is 1. The van der Waals surface area contributed by atoms with E-state index in [1.54, 1.807) is 12.1 Å². The molecule has 106 valence electrons. The van der Waals surface area contributed by atoms with Crippen LogP contribution in [-0.4, -0.2) is 9.68 Å². The molecule has 0 aliphatic heterocycles. The third kappa shape index (κ3) is 3.81. The predicted octanol–water partition coefficient (Wildman–Crippen LogP) is 2.64. The van der Waals surface area contributed by atoms with Crippen LogP contribution in [0.25, 0.3) is 0 Å². The van der Waals surface area contributed by atoms with Crippen molar-refractivity contribution in [3.8, 4) is 0 Å². The van der Waals surface area contributed by atoms with Crippen molar-refractivity contribution in [3.05, 3.63) is 59.2 Å². The highest BCUT2D eigenvalue weighted by Gasteiger charge is 2.02. The Kier molecular flexibility index (Phi) is 4.74. The zero-order valence-corrected chi connectivity index (χ0v) is 12.4. The molecule has 0 spiro atoms. The topological polar surface area (TPSA) is 29.0 Å². The molecule has 5 heteroatoms. The Bertz CT molecular complexity index is 590. The molecule has 20 heavy (non-hydrogen) atoms. The summed E-state index contributed by atoms with van der Waals surface area (Å²) < 4.78 is 14.9. The second-order valence-electron chi connectivity index (χ2n) is 4.69. The fraction of sp³-hybridized carbons (Fsp3) is 0.267. The molecule has 2 N–H and O–H groups in total. The Labute approximate surface area is 123 Å². The summed E-state index contributed by atoms with van der Waals surface area (Å²) in [5, 5.41) is 6.85. The van der Waals surface area contributed by atoms with Gasteiger partial charge in [-0.05, 0) is 49.0 Å². The van der Waals surface area contributed by atoms with Gasteiger partial charge < -0.3 is 15.2 Å². The molecule has 1 heterocycles. The number of rotatable bonds is 4. The van der Waals surface area contributed by atoms with E-state index >= 15 is 0 Å². The van der Waals surface area contributed by atoms with Crippen LogP contribution in [0.15, 0.2) is 36.4 Å². The van der Waals surface area contributed by atoms with Crippen LogP contribution in [0.1, 0.15) is 17.0 Å². The van der Waals surface area contributed by atoms with E-state index in [9.17, 15) is 4.39 Å². The molecule has 0 amide bonds. The van der Waals surface area contributed by atoms with Crippen LogP contribution >= 0.6 is 12.2 Å². The zero-order chi connectivity index (χ0) is 14.5. The second kappa shape index (κ2) is 6.52. The van der Waals surface area contributed by atoms with Gasteiger partial charge in [0.25, 0.3) is 0 Å². The molecular formula is C15H18FN3S. The van der Waals surface area contributed by atoms with Crippen LogP contribution in [0.3, 0.4) is 0 Å². The number of nitrogens with one attached hydrogen (secondary N) is 2. The summed E-state index contributed by atoms with van der Waals surface area (Å²) in [5.74, 6) is -0.228. The highest BCUT2D eigenvalue weighted by Crippen LogP contribution is 2.05. The highest BCUT2D eigenvalue weighted by atomic mass is 32.1. The lowest BCUT2D eigenvalue weighted by Gasteiger charge is -2.11. The first kappa shape index (κ1) is 14.5. The number of thiocarbonyl (C=S) groups is 1. The molecule has 1 aromatic heterocycles. The standard InChI is InChI=1S/C15H18FN3S/c1-11-3-8-14(19(11)2)10-18-15(20)17-9-12-4-6-13(16)7-5-12/h3-8H,9-10H2,1-2H3,(H2,17,18,20). The van der Waals surface area contributed by atoms with E-state index in [4.69, 9.17) is 12.2 Å². The third-order valence-electron chi connectivity index (χ3n) is 3.27. The molecule has 0 saturated heterocycles. The monoisotopic (exact) mass is 291 g/mol. The molecule has 0 radical (unpaired) electrons. The molecule has 0 aliphatic carbocycles. The minimum Gasteiger partial charge on any atom is -0.359 e. The highest BCUT2D eigenvalue weighted by molar-refractivity contribution is 7.80. The van der Waals surface area contributed by atoms with Crippen LogP contribution in [-0.2, 0) is 20.1 Å². The van der Waals surface area contributed by atoms with Gasteiger partial charge in [-0.1, -0.05) is 12.1 Å². The zero-order valence-electron chi connectivity index (χ0n) is 11.6. The number of aromatic nitrogens is 1. The predicted molar refractivity (Wildman–Crippen MR) is 82.8 cm³/mol. The Morgan fingerprint density at radius 3 is 2.35 bits per heavy atom. The van der Waals surface area contributed by atoms with Gasteiger partial charge in [-0.25, -0.2) is 4.39 Å². The Morgan fingerprint density at radius 1 is 1.10 bits per heavy atom. The average Bonchev–Trinajstić information content (AvgIpc) is 2.76. The average molecular weight is 291 g/mol. The van der Waals surface area contributed by atoms with Gasteiger partial charge in [0.15, 0.2) is 5.11 Å². The van der Waals surface area contributed by atoms with E-state index in [2.05, 4.69) is 34.3 Å². The fourth-order valence-corrected chi connectivity index (χ4v) is 2.01. The summed E-state index contributed by atoms with van der Waals surface area (Å²) in [6.07, 6.45) is 0. The summed E-state index contributed by atoms with van der Waals surface area (Å²) in [6, 6.07) is 10.5. The number of aryl methyl sites for hydroxylation is 1. The maximum absolute atomic E-state index is 12.8.